The SMILES string of the molecule is c1cnc(N2CCOCC2)c(-c2nc3cc4c[nH][nH]c4cc3n2)c1. The highest BCUT2D eigenvalue weighted by atomic mass is 16.5. The number of rotatable bonds is 2. The van der Waals surface area contributed by atoms with Crippen molar-refractivity contribution >= 4 is 27.8 Å². The molecule has 0 aliphatic carbocycles. The first kappa shape index (κ1) is 13.5. The van der Waals surface area contributed by atoms with Crippen LogP contribution in [0.1, 0.15) is 0 Å². The minimum Gasteiger partial charge on any atom is -0.378 e. The minimum absolute atomic E-state index is 0.719. The Morgan fingerprint density at radius 1 is 1.08 bits per heavy atom. The van der Waals surface area contributed by atoms with E-state index >= 15 is 0 Å². The largest absolute Gasteiger partial charge is 0.378 e. The molecule has 0 amide bonds. The van der Waals surface area contributed by atoms with Crippen LogP contribution in [0.2, 0.25) is 0 Å². The zero-order valence-corrected chi connectivity index (χ0v) is 13.0. The van der Waals surface area contributed by atoms with E-state index in [0.29, 0.717) is 0 Å². The number of morpholine rings is 1. The predicted molar refractivity (Wildman–Crippen MR) is 92.0 cm³/mol. The van der Waals surface area contributed by atoms with Gasteiger partial charge in [0, 0.05) is 30.9 Å². The number of benzene rings is 1. The van der Waals surface area contributed by atoms with Gasteiger partial charge in [-0.25, -0.2) is 15.0 Å². The number of nitrogens with one attached hydrogen (secondary N) is 2. The number of nitrogens with zero attached hydrogens (tertiary/aromatic N) is 4. The third-order valence-corrected chi connectivity index (χ3v) is 4.37. The van der Waals surface area contributed by atoms with E-state index in [4.69, 9.17) is 14.7 Å². The molecule has 1 aliphatic rings. The summed E-state index contributed by atoms with van der Waals surface area (Å²) in [6, 6.07) is 8.02. The van der Waals surface area contributed by atoms with E-state index in [1.54, 1.807) is 0 Å². The van der Waals surface area contributed by atoms with Gasteiger partial charge in [0.05, 0.1) is 35.3 Å². The average molecular weight is 320 g/mol. The molecule has 4 aromatic rings. The quantitative estimate of drug-likeness (QED) is 0.592. The highest BCUT2D eigenvalue weighted by Crippen LogP contribution is 2.30. The Balaban J connectivity index is 1.64. The molecule has 3 aromatic heterocycles. The first-order valence-electron chi connectivity index (χ1n) is 8.00. The number of imidazole rings is 1. The van der Waals surface area contributed by atoms with Crippen molar-refractivity contribution in [2.45, 2.75) is 0 Å². The average Bonchev–Trinajstić information content (AvgIpc) is 3.26. The van der Waals surface area contributed by atoms with Gasteiger partial charge in [-0.05, 0) is 24.3 Å². The number of hydrogen-bond acceptors (Lipinski definition) is 5. The van der Waals surface area contributed by atoms with Crippen LogP contribution in [0.15, 0.2) is 36.7 Å². The number of ether oxygens (including phenoxy) is 1. The lowest BCUT2D eigenvalue weighted by atomic mass is 10.2. The fourth-order valence-electron chi connectivity index (χ4n) is 3.16. The van der Waals surface area contributed by atoms with Gasteiger partial charge < -0.3 is 19.8 Å². The van der Waals surface area contributed by atoms with Gasteiger partial charge in [0.1, 0.15) is 5.82 Å². The number of aromatic nitrogens is 5. The molecule has 2 N–H and O–H groups in total. The highest BCUT2D eigenvalue weighted by Gasteiger charge is 2.19. The molecule has 0 radical (unpaired) electrons. The van der Waals surface area contributed by atoms with E-state index in [9.17, 15) is 0 Å². The summed E-state index contributed by atoms with van der Waals surface area (Å²) < 4.78 is 5.44. The normalized spacial score (nSPS) is 15.4. The van der Waals surface area contributed by atoms with Gasteiger partial charge >= 0.3 is 0 Å². The summed E-state index contributed by atoms with van der Waals surface area (Å²) in [5, 5.41) is 7.18. The van der Waals surface area contributed by atoms with Crippen molar-refractivity contribution in [2.75, 3.05) is 31.2 Å². The van der Waals surface area contributed by atoms with Crippen LogP contribution in [0.3, 0.4) is 0 Å². The Bertz CT molecular complexity index is 966. The molecule has 5 rings (SSSR count). The van der Waals surface area contributed by atoms with E-state index in [1.807, 2.05) is 36.7 Å². The Morgan fingerprint density at radius 2 is 1.92 bits per heavy atom. The summed E-state index contributed by atoms with van der Waals surface area (Å²) in [6.07, 6.45) is 3.74. The van der Waals surface area contributed by atoms with Gasteiger partial charge in [0.15, 0.2) is 5.82 Å². The lowest BCUT2D eigenvalue weighted by Crippen LogP contribution is -2.37. The molecule has 4 heterocycles. The summed E-state index contributed by atoms with van der Waals surface area (Å²) in [5.41, 5.74) is 3.76. The summed E-state index contributed by atoms with van der Waals surface area (Å²) in [4.78, 5) is 16.3. The van der Waals surface area contributed by atoms with E-state index in [1.165, 1.54) is 0 Å². The van der Waals surface area contributed by atoms with Crippen molar-refractivity contribution in [1.29, 1.82) is 0 Å². The standard InChI is InChI=1S/C17H16N6O/c1-2-12(17(18-3-1)23-4-6-24-7-5-23)16-20-14-8-11-10-19-22-13(11)9-15(14)21-16/h1-3,8-10,19,22H,4-7H2. The minimum atomic E-state index is 0.719. The van der Waals surface area contributed by atoms with Gasteiger partial charge in [0.25, 0.3) is 0 Å². The van der Waals surface area contributed by atoms with Gasteiger partial charge in [0.2, 0.25) is 0 Å². The molecule has 0 atom stereocenters. The molecule has 24 heavy (non-hydrogen) atoms. The molecule has 0 spiro atoms. The van der Waals surface area contributed by atoms with Crippen molar-refractivity contribution in [3.05, 3.63) is 36.7 Å². The van der Waals surface area contributed by atoms with Gasteiger partial charge in [-0.2, -0.15) is 0 Å². The molecule has 1 aliphatic heterocycles. The molecule has 1 fully saturated rings. The second-order valence-corrected chi connectivity index (χ2v) is 5.86. The van der Waals surface area contributed by atoms with Crippen molar-refractivity contribution in [2.24, 2.45) is 0 Å². The molecular formula is C17H16N6O. The second kappa shape index (κ2) is 5.31. The predicted octanol–water partition coefficient (Wildman–Crippen LogP) is 2.34. The Morgan fingerprint density at radius 3 is 2.79 bits per heavy atom. The summed E-state index contributed by atoms with van der Waals surface area (Å²) in [7, 11) is 0. The number of H-pyrrole nitrogens is 2. The van der Waals surface area contributed by atoms with Crippen LogP contribution < -0.4 is 4.90 Å². The summed E-state index contributed by atoms with van der Waals surface area (Å²) >= 11 is 0. The van der Waals surface area contributed by atoms with Gasteiger partial charge in [-0.15, -0.1) is 0 Å². The van der Waals surface area contributed by atoms with E-state index in [2.05, 4.69) is 20.1 Å². The molecule has 120 valence electrons. The number of anilines is 1. The highest BCUT2D eigenvalue weighted by molar-refractivity contribution is 5.94. The molecule has 7 nitrogen and oxygen atoms in total. The first-order chi connectivity index (χ1) is 11.9. The molecule has 0 bridgehead atoms. The van der Waals surface area contributed by atoms with Crippen LogP contribution in [-0.2, 0) is 4.74 Å². The molecular weight excluding hydrogens is 304 g/mol. The second-order valence-electron chi connectivity index (χ2n) is 5.86. The zero-order chi connectivity index (χ0) is 15.9. The Kier molecular flexibility index (Phi) is 2.99. The van der Waals surface area contributed by atoms with E-state index in [0.717, 1.165) is 65.4 Å². The third kappa shape index (κ3) is 2.13. The van der Waals surface area contributed by atoms with Crippen molar-refractivity contribution in [1.82, 2.24) is 25.1 Å². The molecule has 7 heteroatoms. The molecule has 1 saturated heterocycles. The molecule has 0 saturated carbocycles. The maximum Gasteiger partial charge on any atom is 0.164 e. The van der Waals surface area contributed by atoms with Gasteiger partial charge in [-0.1, -0.05) is 0 Å². The lowest BCUT2D eigenvalue weighted by molar-refractivity contribution is 0.122. The Labute approximate surface area is 137 Å². The first-order valence-corrected chi connectivity index (χ1v) is 8.00. The number of hydrogen-bond donors (Lipinski definition) is 2. The Hall–Kier alpha value is -2.93. The maximum atomic E-state index is 5.44. The van der Waals surface area contributed by atoms with Crippen LogP contribution >= 0.6 is 0 Å². The number of pyridine rings is 1. The van der Waals surface area contributed by atoms with Crippen molar-refractivity contribution in [3.63, 3.8) is 0 Å². The number of fused-ring (bicyclic) bond motifs is 2. The number of aromatic amines is 2. The van der Waals surface area contributed by atoms with E-state index < -0.39 is 0 Å². The zero-order valence-electron chi connectivity index (χ0n) is 13.0. The molecule has 0 unspecified atom stereocenters. The monoisotopic (exact) mass is 320 g/mol. The van der Waals surface area contributed by atoms with Crippen molar-refractivity contribution in [3.8, 4) is 11.4 Å². The summed E-state index contributed by atoms with van der Waals surface area (Å²) in [5.74, 6) is 1.64. The van der Waals surface area contributed by atoms with Crippen molar-refractivity contribution < 1.29 is 4.74 Å². The fraction of sp³-hybridized carbons (Fsp3) is 0.235. The third-order valence-electron chi connectivity index (χ3n) is 4.37. The van der Waals surface area contributed by atoms with E-state index in [-0.39, 0.29) is 0 Å². The fourth-order valence-corrected chi connectivity index (χ4v) is 3.16. The smallest absolute Gasteiger partial charge is 0.164 e. The topological polar surface area (TPSA) is 82.7 Å². The van der Waals surface area contributed by atoms with Crippen LogP contribution in [0, 0.1) is 0 Å². The van der Waals surface area contributed by atoms with Crippen LogP contribution in [0.4, 0.5) is 5.82 Å². The van der Waals surface area contributed by atoms with Gasteiger partial charge in [-0.3, -0.25) is 0 Å². The summed E-state index contributed by atoms with van der Waals surface area (Å²) in [6.45, 7) is 3.12. The van der Waals surface area contributed by atoms with Crippen LogP contribution in [0.25, 0.3) is 33.3 Å². The maximum absolute atomic E-state index is 5.44. The molecule has 1 aromatic carbocycles. The lowest BCUT2D eigenvalue weighted by Gasteiger charge is -2.28. The van der Waals surface area contributed by atoms with Crippen LogP contribution in [-0.4, -0.2) is 51.5 Å². The van der Waals surface area contributed by atoms with Crippen LogP contribution in [0.5, 0.6) is 0 Å².